The minimum Gasteiger partial charge on any atom is -0.325 e. The Morgan fingerprint density at radius 3 is 2.44 bits per heavy atom. The van der Waals surface area contributed by atoms with E-state index in [2.05, 4.69) is 29.5 Å². The smallest absolute Gasteiger partial charge is 0.237 e. The van der Waals surface area contributed by atoms with Gasteiger partial charge in [-0.25, -0.2) is 4.68 Å². The molecule has 3 aromatic rings. The topological polar surface area (TPSA) is 46.9 Å². The first-order valence-electron chi connectivity index (χ1n) is 8.56. The number of aryl methyl sites for hydroxylation is 3. The molecule has 3 rings (SSSR count). The standard InChI is InChI=1S/C20H21N3OS3/c1-12-10-13(2)17(14(3)11-12)21-18(24)15(4)26-19-22-23(20(25)27-19)16-8-6-5-7-9-16/h5-11,15H,1-4H3,(H,21,24)/t15-/m0/s1. The van der Waals surface area contributed by atoms with E-state index in [1.807, 2.05) is 51.1 Å². The Kier molecular flexibility index (Phi) is 6.14. The van der Waals surface area contributed by atoms with Crippen LogP contribution in [0.15, 0.2) is 46.8 Å². The lowest BCUT2D eigenvalue weighted by atomic mass is 10.1. The van der Waals surface area contributed by atoms with Crippen molar-refractivity contribution in [3.05, 3.63) is 63.1 Å². The van der Waals surface area contributed by atoms with Crippen molar-refractivity contribution < 1.29 is 4.79 Å². The van der Waals surface area contributed by atoms with Crippen LogP contribution in [0.4, 0.5) is 5.69 Å². The molecule has 1 heterocycles. The zero-order chi connectivity index (χ0) is 19.6. The lowest BCUT2D eigenvalue weighted by Gasteiger charge is -2.15. The van der Waals surface area contributed by atoms with Crippen LogP contribution in [0.5, 0.6) is 0 Å². The molecule has 0 spiro atoms. The molecule has 0 saturated heterocycles. The highest BCUT2D eigenvalue weighted by atomic mass is 32.2. The Morgan fingerprint density at radius 1 is 1.19 bits per heavy atom. The van der Waals surface area contributed by atoms with Crippen molar-refractivity contribution in [3.8, 4) is 5.69 Å². The Morgan fingerprint density at radius 2 is 1.81 bits per heavy atom. The van der Waals surface area contributed by atoms with Gasteiger partial charge < -0.3 is 5.32 Å². The summed E-state index contributed by atoms with van der Waals surface area (Å²) in [5.74, 6) is -0.0394. The van der Waals surface area contributed by atoms with Gasteiger partial charge in [0.05, 0.1) is 10.9 Å². The van der Waals surface area contributed by atoms with Crippen LogP contribution in [0.2, 0.25) is 0 Å². The van der Waals surface area contributed by atoms with Crippen molar-refractivity contribution in [3.63, 3.8) is 0 Å². The molecular weight excluding hydrogens is 394 g/mol. The van der Waals surface area contributed by atoms with Gasteiger partial charge >= 0.3 is 0 Å². The van der Waals surface area contributed by atoms with Gasteiger partial charge in [0.2, 0.25) is 5.91 Å². The highest BCUT2D eigenvalue weighted by Gasteiger charge is 2.19. The van der Waals surface area contributed by atoms with E-state index in [1.54, 1.807) is 4.68 Å². The number of aromatic nitrogens is 2. The van der Waals surface area contributed by atoms with Gasteiger partial charge in [-0.2, -0.15) is 0 Å². The van der Waals surface area contributed by atoms with Crippen LogP contribution in [-0.4, -0.2) is 20.9 Å². The third kappa shape index (κ3) is 4.66. The van der Waals surface area contributed by atoms with Crippen LogP contribution in [0.25, 0.3) is 5.69 Å². The van der Waals surface area contributed by atoms with Gasteiger partial charge in [0.1, 0.15) is 0 Å². The van der Waals surface area contributed by atoms with Crippen molar-refractivity contribution in [1.29, 1.82) is 0 Å². The maximum Gasteiger partial charge on any atom is 0.237 e. The quantitative estimate of drug-likeness (QED) is 0.428. The normalized spacial score (nSPS) is 12.0. The molecule has 1 aromatic heterocycles. The Balaban J connectivity index is 1.73. The SMILES string of the molecule is Cc1cc(C)c(NC(=O)[C@H](C)Sc2nn(-c3ccccc3)c(=S)s2)c(C)c1. The first kappa shape index (κ1) is 19.8. The molecule has 0 aliphatic heterocycles. The summed E-state index contributed by atoms with van der Waals surface area (Å²) in [6, 6.07) is 13.9. The third-order valence-electron chi connectivity index (χ3n) is 4.10. The van der Waals surface area contributed by atoms with E-state index in [0.717, 1.165) is 26.8 Å². The highest BCUT2D eigenvalue weighted by molar-refractivity contribution is 8.02. The highest BCUT2D eigenvalue weighted by Crippen LogP contribution is 2.29. The van der Waals surface area contributed by atoms with Crippen LogP contribution < -0.4 is 5.32 Å². The molecule has 0 saturated carbocycles. The van der Waals surface area contributed by atoms with Gasteiger partial charge in [-0.1, -0.05) is 59.0 Å². The number of benzene rings is 2. The van der Waals surface area contributed by atoms with E-state index in [0.29, 0.717) is 3.95 Å². The van der Waals surface area contributed by atoms with Crippen molar-refractivity contribution in [2.75, 3.05) is 5.32 Å². The van der Waals surface area contributed by atoms with E-state index in [1.165, 1.54) is 28.7 Å². The number of hydrogen-bond acceptors (Lipinski definition) is 5. The lowest BCUT2D eigenvalue weighted by Crippen LogP contribution is -2.23. The minimum atomic E-state index is -0.283. The number of nitrogens with zero attached hydrogens (tertiary/aromatic N) is 2. The summed E-state index contributed by atoms with van der Waals surface area (Å²) >= 11 is 8.27. The second-order valence-electron chi connectivity index (χ2n) is 6.40. The van der Waals surface area contributed by atoms with E-state index < -0.39 is 0 Å². The van der Waals surface area contributed by atoms with Crippen molar-refractivity contribution in [1.82, 2.24) is 9.78 Å². The number of thioether (sulfide) groups is 1. The number of carbonyl (C=O) groups excluding carboxylic acids is 1. The van der Waals surface area contributed by atoms with Crippen LogP contribution in [-0.2, 0) is 4.79 Å². The van der Waals surface area contributed by atoms with Gasteiger partial charge in [0.25, 0.3) is 0 Å². The number of nitrogens with one attached hydrogen (secondary N) is 1. The molecular formula is C20H21N3OS3. The molecule has 140 valence electrons. The number of carbonyl (C=O) groups is 1. The van der Waals surface area contributed by atoms with Gasteiger partial charge in [0, 0.05) is 5.69 Å². The maximum absolute atomic E-state index is 12.7. The predicted molar refractivity (Wildman–Crippen MR) is 117 cm³/mol. The Labute approximate surface area is 172 Å². The first-order valence-corrected chi connectivity index (χ1v) is 10.7. The fraction of sp³-hybridized carbons (Fsp3) is 0.250. The second kappa shape index (κ2) is 8.37. The molecule has 4 nitrogen and oxygen atoms in total. The molecule has 0 unspecified atom stereocenters. The summed E-state index contributed by atoms with van der Waals surface area (Å²) in [5, 5.41) is 7.35. The van der Waals surface area contributed by atoms with Crippen molar-refractivity contribution >= 4 is 46.9 Å². The van der Waals surface area contributed by atoms with E-state index >= 15 is 0 Å². The Bertz CT molecular complexity index is 1000. The first-order chi connectivity index (χ1) is 12.8. The summed E-state index contributed by atoms with van der Waals surface area (Å²) < 4.78 is 3.19. The number of anilines is 1. The molecule has 0 bridgehead atoms. The summed E-state index contributed by atoms with van der Waals surface area (Å²) in [5.41, 5.74) is 5.15. The minimum absolute atomic E-state index is 0.0394. The molecule has 0 aliphatic rings. The lowest BCUT2D eigenvalue weighted by molar-refractivity contribution is -0.115. The maximum atomic E-state index is 12.7. The zero-order valence-electron chi connectivity index (χ0n) is 15.6. The number of rotatable bonds is 5. The van der Waals surface area contributed by atoms with E-state index in [9.17, 15) is 4.79 Å². The van der Waals surface area contributed by atoms with Crippen LogP contribution in [0, 0.1) is 24.7 Å². The molecule has 27 heavy (non-hydrogen) atoms. The van der Waals surface area contributed by atoms with Crippen molar-refractivity contribution in [2.24, 2.45) is 0 Å². The van der Waals surface area contributed by atoms with Crippen molar-refractivity contribution in [2.45, 2.75) is 37.3 Å². The number of amides is 1. The molecule has 1 amide bonds. The predicted octanol–water partition coefficient (Wildman–Crippen LogP) is 5.71. The second-order valence-corrected chi connectivity index (χ2v) is 9.61. The van der Waals surface area contributed by atoms with Gasteiger partial charge in [-0.3, -0.25) is 4.79 Å². The average Bonchev–Trinajstić information content (AvgIpc) is 2.98. The van der Waals surface area contributed by atoms with Gasteiger partial charge in [-0.15, -0.1) is 5.10 Å². The molecule has 1 atom stereocenters. The van der Waals surface area contributed by atoms with E-state index in [-0.39, 0.29) is 11.2 Å². The zero-order valence-corrected chi connectivity index (χ0v) is 18.1. The summed E-state index contributed by atoms with van der Waals surface area (Å²) in [4.78, 5) is 12.7. The van der Waals surface area contributed by atoms with Crippen LogP contribution >= 0.6 is 35.3 Å². The fourth-order valence-corrected chi connectivity index (χ4v) is 5.35. The third-order valence-corrected chi connectivity index (χ3v) is 6.52. The molecule has 0 radical (unpaired) electrons. The van der Waals surface area contributed by atoms with Gasteiger partial charge in [0.15, 0.2) is 8.29 Å². The molecule has 2 aromatic carbocycles. The molecule has 0 fully saturated rings. The Hall–Kier alpha value is -1.96. The summed E-state index contributed by atoms with van der Waals surface area (Å²) in [6.07, 6.45) is 0. The number of hydrogen-bond donors (Lipinski definition) is 1. The summed E-state index contributed by atoms with van der Waals surface area (Å²) in [6.45, 7) is 7.97. The molecule has 0 aliphatic carbocycles. The summed E-state index contributed by atoms with van der Waals surface area (Å²) in [7, 11) is 0. The molecule has 7 heteroatoms. The fourth-order valence-electron chi connectivity index (χ4n) is 2.85. The average molecular weight is 416 g/mol. The van der Waals surface area contributed by atoms with E-state index in [4.69, 9.17) is 12.2 Å². The van der Waals surface area contributed by atoms with Crippen LogP contribution in [0.3, 0.4) is 0 Å². The molecule has 1 N–H and O–H groups in total. The largest absolute Gasteiger partial charge is 0.325 e. The monoisotopic (exact) mass is 415 g/mol. The van der Waals surface area contributed by atoms with Gasteiger partial charge in [-0.05, 0) is 63.2 Å². The van der Waals surface area contributed by atoms with Crippen LogP contribution in [0.1, 0.15) is 23.6 Å². The number of para-hydroxylation sites is 1.